The van der Waals surface area contributed by atoms with Crippen LogP contribution in [0.15, 0.2) is 0 Å². The summed E-state index contributed by atoms with van der Waals surface area (Å²) in [7, 11) is 0. The van der Waals surface area contributed by atoms with Gasteiger partial charge in [0.25, 0.3) is 0 Å². The second-order valence-corrected chi connectivity index (χ2v) is 6.75. The van der Waals surface area contributed by atoms with Crippen molar-refractivity contribution in [2.75, 3.05) is 26.2 Å². The quantitative estimate of drug-likeness (QED) is 0.776. The van der Waals surface area contributed by atoms with Crippen LogP contribution in [0.4, 0.5) is 0 Å². The Labute approximate surface area is 127 Å². The van der Waals surface area contributed by atoms with Gasteiger partial charge in [0.15, 0.2) is 0 Å². The van der Waals surface area contributed by atoms with Crippen LogP contribution in [0.3, 0.4) is 0 Å². The van der Waals surface area contributed by atoms with E-state index in [9.17, 15) is 9.59 Å². The molecular formula is C16H28N2O3. The van der Waals surface area contributed by atoms with Crippen molar-refractivity contribution in [3.63, 3.8) is 0 Å². The van der Waals surface area contributed by atoms with Crippen LogP contribution < -0.4 is 0 Å². The maximum Gasteiger partial charge on any atom is 0.225 e. The lowest BCUT2D eigenvalue weighted by Gasteiger charge is -2.39. The number of ether oxygens (including phenoxy) is 1. The van der Waals surface area contributed by atoms with E-state index in [1.54, 1.807) is 0 Å². The van der Waals surface area contributed by atoms with E-state index >= 15 is 0 Å². The van der Waals surface area contributed by atoms with Gasteiger partial charge in [0, 0.05) is 38.0 Å². The molecule has 0 aromatic heterocycles. The zero-order chi connectivity index (χ0) is 15.6. The van der Waals surface area contributed by atoms with Crippen molar-refractivity contribution >= 4 is 11.8 Å². The lowest BCUT2D eigenvalue weighted by atomic mass is 9.94. The third kappa shape index (κ3) is 3.96. The molecule has 2 rings (SSSR count). The molecule has 2 fully saturated rings. The van der Waals surface area contributed by atoms with Crippen LogP contribution in [0.25, 0.3) is 0 Å². The van der Waals surface area contributed by atoms with E-state index in [1.165, 1.54) is 0 Å². The van der Waals surface area contributed by atoms with E-state index in [2.05, 4.69) is 0 Å². The molecule has 5 nitrogen and oxygen atoms in total. The van der Waals surface area contributed by atoms with Gasteiger partial charge in [-0.3, -0.25) is 9.59 Å². The third-order valence-corrected chi connectivity index (χ3v) is 4.38. The van der Waals surface area contributed by atoms with Crippen LogP contribution in [0.1, 0.15) is 40.5 Å². The molecule has 120 valence electrons. The molecule has 5 heteroatoms. The van der Waals surface area contributed by atoms with E-state index in [-0.39, 0.29) is 35.9 Å². The molecule has 2 heterocycles. The first-order valence-electron chi connectivity index (χ1n) is 8.11. The standard InChI is InChI=1S/C16H28N2O3/c1-11(2)15(19)17-7-5-14(6-8-17)16(20)18-9-12(3)21-13(4)10-18/h11-14H,5-10H2,1-4H3. The van der Waals surface area contributed by atoms with Gasteiger partial charge in [0.05, 0.1) is 12.2 Å². The SMILES string of the molecule is CC1CN(C(=O)C2CCN(C(=O)C(C)C)CC2)CC(C)O1. The van der Waals surface area contributed by atoms with Crippen molar-refractivity contribution in [2.45, 2.75) is 52.7 Å². The Hall–Kier alpha value is -1.10. The lowest BCUT2D eigenvalue weighted by Crippen LogP contribution is -2.52. The topological polar surface area (TPSA) is 49.9 Å². The molecule has 2 amide bonds. The highest BCUT2D eigenvalue weighted by Gasteiger charge is 2.33. The maximum atomic E-state index is 12.6. The summed E-state index contributed by atoms with van der Waals surface area (Å²) in [6.07, 6.45) is 1.80. The highest BCUT2D eigenvalue weighted by molar-refractivity contribution is 5.81. The number of rotatable bonds is 2. The molecule has 21 heavy (non-hydrogen) atoms. The Bertz CT molecular complexity index is 379. The predicted octanol–water partition coefficient (Wildman–Crippen LogP) is 1.52. The second kappa shape index (κ2) is 6.77. The molecule has 2 atom stereocenters. The summed E-state index contributed by atoms with van der Waals surface area (Å²) >= 11 is 0. The van der Waals surface area contributed by atoms with Crippen molar-refractivity contribution in [3.05, 3.63) is 0 Å². The second-order valence-electron chi connectivity index (χ2n) is 6.75. The minimum Gasteiger partial charge on any atom is -0.372 e. The van der Waals surface area contributed by atoms with E-state index in [0.29, 0.717) is 26.2 Å². The van der Waals surface area contributed by atoms with E-state index in [1.807, 2.05) is 37.5 Å². The molecule has 0 aromatic carbocycles. The fraction of sp³-hybridized carbons (Fsp3) is 0.875. The molecule has 2 unspecified atom stereocenters. The van der Waals surface area contributed by atoms with Gasteiger partial charge in [-0.2, -0.15) is 0 Å². The van der Waals surface area contributed by atoms with Crippen molar-refractivity contribution in [1.82, 2.24) is 9.80 Å². The number of morpholine rings is 1. The van der Waals surface area contributed by atoms with Gasteiger partial charge in [-0.15, -0.1) is 0 Å². The van der Waals surface area contributed by atoms with Crippen molar-refractivity contribution in [2.24, 2.45) is 11.8 Å². The van der Waals surface area contributed by atoms with Crippen LogP contribution in [-0.4, -0.2) is 60.0 Å². The first kappa shape index (κ1) is 16.3. The minimum absolute atomic E-state index is 0.0400. The molecule has 0 spiro atoms. The molecule has 2 aliphatic rings. The molecule has 0 aliphatic carbocycles. The van der Waals surface area contributed by atoms with Crippen molar-refractivity contribution in [3.8, 4) is 0 Å². The van der Waals surface area contributed by atoms with Gasteiger partial charge in [0.1, 0.15) is 0 Å². The number of carbonyl (C=O) groups excluding carboxylic acids is 2. The molecule has 0 radical (unpaired) electrons. The highest BCUT2D eigenvalue weighted by atomic mass is 16.5. The maximum absolute atomic E-state index is 12.6. The smallest absolute Gasteiger partial charge is 0.225 e. The Balaban J connectivity index is 1.87. The van der Waals surface area contributed by atoms with Gasteiger partial charge in [-0.05, 0) is 26.7 Å². The Morgan fingerprint density at radius 3 is 2.00 bits per heavy atom. The Morgan fingerprint density at radius 2 is 1.52 bits per heavy atom. The minimum atomic E-state index is 0.0400. The fourth-order valence-electron chi connectivity index (χ4n) is 3.33. The number of carbonyl (C=O) groups is 2. The van der Waals surface area contributed by atoms with E-state index in [0.717, 1.165) is 12.8 Å². The number of hydrogen-bond donors (Lipinski definition) is 0. The van der Waals surface area contributed by atoms with Crippen LogP contribution in [0.2, 0.25) is 0 Å². The molecule has 2 saturated heterocycles. The summed E-state index contributed by atoms with van der Waals surface area (Å²) in [4.78, 5) is 28.4. The molecule has 0 bridgehead atoms. The summed E-state index contributed by atoms with van der Waals surface area (Å²) in [6.45, 7) is 10.7. The summed E-state index contributed by atoms with van der Waals surface area (Å²) in [6, 6.07) is 0. The van der Waals surface area contributed by atoms with Crippen molar-refractivity contribution in [1.29, 1.82) is 0 Å². The number of piperidine rings is 1. The Morgan fingerprint density at radius 1 is 1.00 bits per heavy atom. The Kier molecular flexibility index (Phi) is 5.25. The summed E-state index contributed by atoms with van der Waals surface area (Å²) in [5.41, 5.74) is 0. The number of nitrogens with zero attached hydrogens (tertiary/aromatic N) is 2. The molecular weight excluding hydrogens is 268 g/mol. The summed E-state index contributed by atoms with van der Waals surface area (Å²) in [5, 5.41) is 0. The van der Waals surface area contributed by atoms with Crippen LogP contribution in [0.5, 0.6) is 0 Å². The fourth-order valence-corrected chi connectivity index (χ4v) is 3.33. The average molecular weight is 296 g/mol. The van der Waals surface area contributed by atoms with Gasteiger partial charge < -0.3 is 14.5 Å². The van der Waals surface area contributed by atoms with Gasteiger partial charge >= 0.3 is 0 Å². The highest BCUT2D eigenvalue weighted by Crippen LogP contribution is 2.23. The monoisotopic (exact) mass is 296 g/mol. The average Bonchev–Trinajstić information content (AvgIpc) is 2.44. The van der Waals surface area contributed by atoms with E-state index < -0.39 is 0 Å². The first-order valence-corrected chi connectivity index (χ1v) is 8.11. The first-order chi connectivity index (χ1) is 9.88. The molecule has 2 aliphatic heterocycles. The van der Waals surface area contributed by atoms with Gasteiger partial charge in [-0.25, -0.2) is 0 Å². The number of amides is 2. The van der Waals surface area contributed by atoms with Crippen LogP contribution in [0, 0.1) is 11.8 Å². The van der Waals surface area contributed by atoms with Crippen LogP contribution in [-0.2, 0) is 14.3 Å². The molecule has 0 N–H and O–H groups in total. The predicted molar refractivity (Wildman–Crippen MR) is 80.7 cm³/mol. The summed E-state index contributed by atoms with van der Waals surface area (Å²) in [5.74, 6) is 0.556. The van der Waals surface area contributed by atoms with Crippen LogP contribution >= 0.6 is 0 Å². The van der Waals surface area contributed by atoms with Crippen molar-refractivity contribution < 1.29 is 14.3 Å². The van der Waals surface area contributed by atoms with Gasteiger partial charge in [-0.1, -0.05) is 13.8 Å². The lowest BCUT2D eigenvalue weighted by molar-refractivity contribution is -0.150. The zero-order valence-electron chi connectivity index (χ0n) is 13.7. The zero-order valence-corrected chi connectivity index (χ0v) is 13.7. The van der Waals surface area contributed by atoms with Gasteiger partial charge in [0.2, 0.25) is 11.8 Å². The number of hydrogen-bond acceptors (Lipinski definition) is 3. The summed E-state index contributed by atoms with van der Waals surface area (Å²) < 4.78 is 5.68. The largest absolute Gasteiger partial charge is 0.372 e. The normalized spacial score (nSPS) is 28.0. The van der Waals surface area contributed by atoms with E-state index in [4.69, 9.17) is 4.74 Å². The third-order valence-electron chi connectivity index (χ3n) is 4.38. The number of likely N-dealkylation sites (tertiary alicyclic amines) is 1. The molecule has 0 saturated carbocycles. The molecule has 0 aromatic rings.